The lowest BCUT2D eigenvalue weighted by Crippen LogP contribution is -2.37. The zero-order chi connectivity index (χ0) is 28.4. The third-order valence-electron chi connectivity index (χ3n) is 6.26. The Morgan fingerprint density at radius 2 is 1.57 bits per heavy atom. The molecule has 0 N–H and O–H groups in total. The van der Waals surface area contributed by atoms with Crippen LogP contribution in [0.4, 0.5) is 5.69 Å². The maximum atomic E-state index is 14.0. The van der Waals surface area contributed by atoms with Crippen molar-refractivity contribution in [3.63, 3.8) is 0 Å². The van der Waals surface area contributed by atoms with E-state index in [-0.39, 0.29) is 34.1 Å². The molecule has 1 amide bonds. The Morgan fingerprint density at radius 1 is 0.900 bits per heavy atom. The SMILES string of the molecule is CCOC(=O)c1c(-c2ccccc2)oc2ccc(N(C(=O)c3ccc(C)cc3)S(=O)(=O)c3ccc(Cl)cc3)cc12. The molecule has 0 radical (unpaired) electrons. The number of anilines is 1. The number of esters is 1. The second-order valence-electron chi connectivity index (χ2n) is 8.97. The molecule has 202 valence electrons. The summed E-state index contributed by atoms with van der Waals surface area (Å²) < 4.78 is 40.0. The molecule has 0 aliphatic carbocycles. The van der Waals surface area contributed by atoms with Crippen molar-refractivity contribution in [1.29, 1.82) is 0 Å². The minimum Gasteiger partial charge on any atom is -0.462 e. The van der Waals surface area contributed by atoms with Gasteiger partial charge in [0.05, 0.1) is 17.2 Å². The zero-order valence-corrected chi connectivity index (χ0v) is 23.2. The van der Waals surface area contributed by atoms with Crippen LogP contribution in [-0.2, 0) is 14.8 Å². The number of halogens is 1. The van der Waals surface area contributed by atoms with Crippen LogP contribution in [0.1, 0.15) is 33.2 Å². The molecule has 1 aromatic heterocycles. The molecule has 4 aromatic carbocycles. The number of carbonyl (C=O) groups excluding carboxylic acids is 2. The average Bonchev–Trinajstić information content (AvgIpc) is 3.33. The highest BCUT2D eigenvalue weighted by Crippen LogP contribution is 2.37. The largest absolute Gasteiger partial charge is 0.462 e. The van der Waals surface area contributed by atoms with Gasteiger partial charge in [0, 0.05) is 21.5 Å². The quantitative estimate of drug-likeness (QED) is 0.190. The van der Waals surface area contributed by atoms with E-state index in [0.717, 1.165) is 9.87 Å². The molecule has 0 saturated heterocycles. The Balaban J connectivity index is 1.74. The van der Waals surface area contributed by atoms with Crippen LogP contribution in [0.5, 0.6) is 0 Å². The maximum absolute atomic E-state index is 14.0. The first-order chi connectivity index (χ1) is 19.2. The minimum atomic E-state index is -4.41. The van der Waals surface area contributed by atoms with Crippen molar-refractivity contribution >= 4 is 50.2 Å². The van der Waals surface area contributed by atoms with Crippen molar-refractivity contribution < 1.29 is 27.2 Å². The van der Waals surface area contributed by atoms with E-state index in [4.69, 9.17) is 20.8 Å². The zero-order valence-electron chi connectivity index (χ0n) is 21.6. The van der Waals surface area contributed by atoms with E-state index in [1.165, 1.54) is 42.5 Å². The van der Waals surface area contributed by atoms with Crippen LogP contribution in [-0.4, -0.2) is 26.9 Å². The Hall–Kier alpha value is -4.40. The van der Waals surface area contributed by atoms with Crippen LogP contribution < -0.4 is 4.31 Å². The van der Waals surface area contributed by atoms with Crippen molar-refractivity contribution in [3.05, 3.63) is 119 Å². The van der Waals surface area contributed by atoms with Crippen molar-refractivity contribution in [3.8, 4) is 11.3 Å². The van der Waals surface area contributed by atoms with Crippen molar-refractivity contribution in [2.75, 3.05) is 10.9 Å². The number of carbonyl (C=O) groups is 2. The smallest absolute Gasteiger partial charge is 0.342 e. The number of hydrogen-bond acceptors (Lipinski definition) is 6. The van der Waals surface area contributed by atoms with Gasteiger partial charge in [-0.3, -0.25) is 4.79 Å². The van der Waals surface area contributed by atoms with Crippen LogP contribution in [0.15, 0.2) is 106 Å². The first-order valence-electron chi connectivity index (χ1n) is 12.4. The van der Waals surface area contributed by atoms with Gasteiger partial charge in [-0.15, -0.1) is 0 Å². The number of fused-ring (bicyclic) bond motifs is 1. The molecule has 0 saturated carbocycles. The molecule has 5 aromatic rings. The van der Waals surface area contributed by atoms with E-state index >= 15 is 0 Å². The standard InChI is InChI=1S/C31H24ClNO6S/c1-3-38-31(35)28-26-19-24(15-18-27(26)39-29(28)21-7-5-4-6-8-21)33(30(34)22-11-9-20(2)10-12-22)40(36,37)25-16-13-23(32)14-17-25/h4-19H,3H2,1-2H3. The van der Waals surface area contributed by atoms with Gasteiger partial charge < -0.3 is 9.15 Å². The topological polar surface area (TPSA) is 93.9 Å². The van der Waals surface area contributed by atoms with Gasteiger partial charge >= 0.3 is 5.97 Å². The Kier molecular flexibility index (Phi) is 7.47. The van der Waals surface area contributed by atoms with Crippen molar-refractivity contribution in [2.45, 2.75) is 18.7 Å². The summed E-state index contributed by atoms with van der Waals surface area (Å²) >= 11 is 5.99. The molecule has 0 spiro atoms. The second kappa shape index (κ2) is 11.0. The number of nitrogens with zero attached hydrogens (tertiary/aromatic N) is 1. The average molecular weight is 574 g/mol. The van der Waals surface area contributed by atoms with Gasteiger partial charge in [0.25, 0.3) is 15.9 Å². The van der Waals surface area contributed by atoms with Crippen LogP contribution in [0.2, 0.25) is 5.02 Å². The monoisotopic (exact) mass is 573 g/mol. The van der Waals surface area contributed by atoms with Gasteiger partial charge in [0.1, 0.15) is 16.9 Å². The summed E-state index contributed by atoms with van der Waals surface area (Å²) in [5.41, 5.74) is 2.22. The van der Waals surface area contributed by atoms with Crippen molar-refractivity contribution in [2.24, 2.45) is 0 Å². The van der Waals surface area contributed by atoms with Crippen LogP contribution >= 0.6 is 11.6 Å². The summed E-state index contributed by atoms with van der Waals surface area (Å²) in [5.74, 6) is -1.11. The lowest BCUT2D eigenvalue weighted by Gasteiger charge is -2.23. The van der Waals surface area contributed by atoms with Gasteiger partial charge in [-0.1, -0.05) is 59.6 Å². The van der Waals surface area contributed by atoms with Gasteiger partial charge in [0.15, 0.2) is 0 Å². The van der Waals surface area contributed by atoms with Gasteiger partial charge in [-0.2, -0.15) is 4.31 Å². The first kappa shape index (κ1) is 27.2. The molecule has 0 aliphatic heterocycles. The molecule has 0 aliphatic rings. The number of hydrogen-bond donors (Lipinski definition) is 0. The third kappa shape index (κ3) is 5.11. The number of rotatable bonds is 7. The highest BCUT2D eigenvalue weighted by atomic mass is 35.5. The van der Waals surface area contributed by atoms with E-state index < -0.39 is 21.9 Å². The molecule has 0 unspecified atom stereocenters. The normalized spacial score (nSPS) is 11.4. The van der Waals surface area contributed by atoms with Crippen molar-refractivity contribution in [1.82, 2.24) is 0 Å². The van der Waals surface area contributed by atoms with Gasteiger partial charge in [-0.05, 0) is 68.4 Å². The molecular formula is C31H24ClNO6S. The molecule has 9 heteroatoms. The summed E-state index contributed by atoms with van der Waals surface area (Å²) in [5, 5.41) is 0.658. The summed E-state index contributed by atoms with van der Waals surface area (Å²) in [6, 6.07) is 25.6. The van der Waals surface area contributed by atoms with E-state index in [1.807, 2.05) is 25.1 Å². The number of sulfonamides is 1. The summed E-state index contributed by atoms with van der Waals surface area (Å²) in [7, 11) is -4.41. The summed E-state index contributed by atoms with van der Waals surface area (Å²) in [6.45, 7) is 3.68. The highest BCUT2D eigenvalue weighted by molar-refractivity contribution is 7.93. The minimum absolute atomic E-state index is 0.0268. The molecule has 40 heavy (non-hydrogen) atoms. The molecule has 0 fully saturated rings. The fourth-order valence-corrected chi connectivity index (χ4v) is 5.83. The van der Waals surface area contributed by atoms with E-state index in [0.29, 0.717) is 21.6 Å². The van der Waals surface area contributed by atoms with E-state index in [2.05, 4.69) is 0 Å². The molecule has 1 heterocycles. The molecule has 7 nitrogen and oxygen atoms in total. The third-order valence-corrected chi connectivity index (χ3v) is 8.23. The number of benzene rings is 4. The lowest BCUT2D eigenvalue weighted by atomic mass is 10.0. The fourth-order valence-electron chi connectivity index (χ4n) is 4.30. The molecule has 5 rings (SSSR count). The molecule has 0 bridgehead atoms. The lowest BCUT2D eigenvalue weighted by molar-refractivity contribution is 0.0528. The molecular weight excluding hydrogens is 550 g/mol. The Morgan fingerprint density at radius 3 is 2.23 bits per heavy atom. The molecule has 0 atom stereocenters. The highest BCUT2D eigenvalue weighted by Gasteiger charge is 2.33. The van der Waals surface area contributed by atoms with E-state index in [9.17, 15) is 18.0 Å². The Labute approximate surface area is 236 Å². The fraction of sp³-hybridized carbons (Fsp3) is 0.0968. The number of aryl methyl sites for hydroxylation is 1. The summed E-state index contributed by atoms with van der Waals surface area (Å²) in [4.78, 5) is 26.8. The van der Waals surface area contributed by atoms with Crippen LogP contribution in [0.25, 0.3) is 22.3 Å². The summed E-state index contributed by atoms with van der Waals surface area (Å²) in [6.07, 6.45) is 0. The van der Waals surface area contributed by atoms with Crippen LogP contribution in [0.3, 0.4) is 0 Å². The predicted molar refractivity (Wildman–Crippen MR) is 154 cm³/mol. The number of ether oxygens (including phenoxy) is 1. The van der Waals surface area contributed by atoms with Crippen LogP contribution in [0, 0.1) is 6.92 Å². The second-order valence-corrected chi connectivity index (χ2v) is 11.2. The number of furan rings is 1. The first-order valence-corrected chi connectivity index (χ1v) is 14.2. The maximum Gasteiger partial charge on any atom is 0.342 e. The number of amides is 1. The van der Waals surface area contributed by atoms with E-state index in [1.54, 1.807) is 43.3 Å². The van der Waals surface area contributed by atoms with Gasteiger partial charge in [0.2, 0.25) is 0 Å². The van der Waals surface area contributed by atoms with Gasteiger partial charge in [-0.25, -0.2) is 13.2 Å². The Bertz CT molecular complexity index is 1810. The predicted octanol–water partition coefficient (Wildman–Crippen LogP) is 7.27.